The highest BCUT2D eigenvalue weighted by atomic mass is 79.9. The quantitative estimate of drug-likeness (QED) is 0.812. The van der Waals surface area contributed by atoms with Crippen LogP contribution < -0.4 is 10.6 Å². The van der Waals surface area contributed by atoms with Gasteiger partial charge in [0.1, 0.15) is 6.04 Å². The van der Waals surface area contributed by atoms with Gasteiger partial charge in [0.05, 0.1) is 0 Å². The number of nitrogens with one attached hydrogen (secondary N) is 1. The Balaban J connectivity index is 1.94. The number of rotatable bonds is 5. The van der Waals surface area contributed by atoms with Crippen molar-refractivity contribution < 1.29 is 10.1 Å². The molecule has 0 saturated heterocycles. The van der Waals surface area contributed by atoms with Gasteiger partial charge in [-0.2, -0.15) is 0 Å². The lowest BCUT2D eigenvalue weighted by molar-refractivity contribution is -0.709. The number of anilines is 1. The molecular formula is C17H19BrClN2O+. The van der Waals surface area contributed by atoms with Crippen LogP contribution in [0.15, 0.2) is 53.0 Å². The third-order valence-electron chi connectivity index (χ3n) is 3.48. The molecule has 0 radical (unpaired) electrons. The normalized spacial score (nSPS) is 13.5. The van der Waals surface area contributed by atoms with Gasteiger partial charge in [-0.25, -0.2) is 0 Å². The number of halogens is 2. The van der Waals surface area contributed by atoms with Crippen LogP contribution in [0, 0.1) is 0 Å². The monoisotopic (exact) mass is 381 g/mol. The summed E-state index contributed by atoms with van der Waals surface area (Å²) in [7, 11) is 0. The van der Waals surface area contributed by atoms with Gasteiger partial charge in [0.25, 0.3) is 5.91 Å². The summed E-state index contributed by atoms with van der Waals surface area (Å²) >= 11 is 9.39. The van der Waals surface area contributed by atoms with E-state index in [2.05, 4.69) is 28.2 Å². The number of carbonyl (C=O) groups excluding carboxylic acids is 1. The highest BCUT2D eigenvalue weighted by Gasteiger charge is 2.20. The van der Waals surface area contributed by atoms with E-state index in [4.69, 9.17) is 11.6 Å². The van der Waals surface area contributed by atoms with Gasteiger partial charge in [-0.3, -0.25) is 4.79 Å². The number of amides is 1. The van der Waals surface area contributed by atoms with Crippen LogP contribution in [-0.4, -0.2) is 11.9 Å². The van der Waals surface area contributed by atoms with Crippen molar-refractivity contribution in [1.29, 1.82) is 0 Å². The summed E-state index contributed by atoms with van der Waals surface area (Å²) in [5.41, 5.74) is 1.90. The van der Waals surface area contributed by atoms with Gasteiger partial charge >= 0.3 is 0 Å². The van der Waals surface area contributed by atoms with E-state index in [-0.39, 0.29) is 18.0 Å². The minimum Gasteiger partial charge on any atom is -0.330 e. The highest BCUT2D eigenvalue weighted by Crippen LogP contribution is 2.16. The molecule has 0 heterocycles. The van der Waals surface area contributed by atoms with Crippen LogP contribution in [0.5, 0.6) is 0 Å². The molecule has 2 aromatic carbocycles. The second-order valence-electron chi connectivity index (χ2n) is 5.32. The van der Waals surface area contributed by atoms with E-state index in [1.807, 2.05) is 60.8 Å². The second-order valence-corrected chi connectivity index (χ2v) is 6.67. The van der Waals surface area contributed by atoms with Crippen molar-refractivity contribution in [2.75, 3.05) is 5.32 Å². The molecule has 2 atom stereocenters. The summed E-state index contributed by atoms with van der Waals surface area (Å²) in [5, 5.41) is 5.66. The molecule has 0 saturated carbocycles. The number of hydrogen-bond donors (Lipinski definition) is 2. The number of hydrogen-bond acceptors (Lipinski definition) is 1. The van der Waals surface area contributed by atoms with Gasteiger partial charge in [-0.15, -0.1) is 0 Å². The van der Waals surface area contributed by atoms with Gasteiger partial charge < -0.3 is 10.6 Å². The molecule has 0 aliphatic carbocycles. The first-order valence-electron chi connectivity index (χ1n) is 7.12. The van der Waals surface area contributed by atoms with Crippen molar-refractivity contribution in [2.45, 2.75) is 25.9 Å². The molecule has 2 rings (SSSR count). The third-order valence-corrected chi connectivity index (χ3v) is 4.24. The van der Waals surface area contributed by atoms with Crippen LogP contribution in [0.1, 0.15) is 25.5 Å². The zero-order valence-electron chi connectivity index (χ0n) is 12.5. The van der Waals surface area contributed by atoms with E-state index in [0.29, 0.717) is 5.02 Å². The van der Waals surface area contributed by atoms with Crippen LogP contribution in [-0.2, 0) is 4.79 Å². The van der Waals surface area contributed by atoms with E-state index in [0.717, 1.165) is 15.7 Å². The lowest BCUT2D eigenvalue weighted by atomic mass is 10.1. The molecule has 3 N–H and O–H groups in total. The van der Waals surface area contributed by atoms with Crippen molar-refractivity contribution >= 4 is 39.1 Å². The summed E-state index contributed by atoms with van der Waals surface area (Å²) < 4.78 is 0.986. The van der Waals surface area contributed by atoms with E-state index in [1.165, 1.54) is 0 Å². The van der Waals surface area contributed by atoms with Crippen molar-refractivity contribution in [3.63, 3.8) is 0 Å². The summed E-state index contributed by atoms with van der Waals surface area (Å²) in [6.07, 6.45) is 0. The van der Waals surface area contributed by atoms with Crippen LogP contribution in [0.3, 0.4) is 0 Å². The first-order valence-corrected chi connectivity index (χ1v) is 8.29. The summed E-state index contributed by atoms with van der Waals surface area (Å²) in [5.74, 6) is -0.0174. The Labute approximate surface area is 144 Å². The highest BCUT2D eigenvalue weighted by molar-refractivity contribution is 9.10. The van der Waals surface area contributed by atoms with Crippen molar-refractivity contribution in [1.82, 2.24) is 0 Å². The molecule has 0 aliphatic rings. The van der Waals surface area contributed by atoms with Gasteiger partial charge in [-0.05, 0) is 50.2 Å². The predicted octanol–water partition coefficient (Wildman–Crippen LogP) is 3.75. The number of benzene rings is 2. The Morgan fingerprint density at radius 3 is 2.50 bits per heavy atom. The van der Waals surface area contributed by atoms with Crippen LogP contribution in [0.2, 0.25) is 5.02 Å². The molecule has 0 spiro atoms. The lowest BCUT2D eigenvalue weighted by Gasteiger charge is -2.17. The Morgan fingerprint density at radius 2 is 1.86 bits per heavy atom. The molecule has 0 aromatic heterocycles. The molecule has 0 fully saturated rings. The van der Waals surface area contributed by atoms with Crippen molar-refractivity contribution in [3.05, 3.63) is 63.6 Å². The van der Waals surface area contributed by atoms with Crippen LogP contribution >= 0.6 is 27.5 Å². The van der Waals surface area contributed by atoms with E-state index >= 15 is 0 Å². The predicted molar refractivity (Wildman–Crippen MR) is 94.0 cm³/mol. The van der Waals surface area contributed by atoms with Crippen molar-refractivity contribution in [3.8, 4) is 0 Å². The molecule has 3 nitrogen and oxygen atoms in total. The minimum absolute atomic E-state index is 0.0174. The van der Waals surface area contributed by atoms with Crippen molar-refractivity contribution in [2.24, 2.45) is 0 Å². The number of nitrogens with two attached hydrogens (primary N) is 1. The van der Waals surface area contributed by atoms with Gasteiger partial charge in [-0.1, -0.05) is 39.7 Å². The fraction of sp³-hybridized carbons (Fsp3) is 0.235. The summed E-state index contributed by atoms with van der Waals surface area (Å²) in [6.45, 7) is 3.96. The van der Waals surface area contributed by atoms with Crippen LogP contribution in [0.25, 0.3) is 0 Å². The third kappa shape index (κ3) is 4.83. The van der Waals surface area contributed by atoms with Gasteiger partial charge in [0.2, 0.25) is 0 Å². The SMILES string of the molecule is C[C@@H]([NH2+][C@H](C)c1cccc(Cl)c1)C(=O)Nc1ccc(Br)cc1. The standard InChI is InChI=1S/C17H18BrClN2O/c1-11(13-4-3-5-15(19)10-13)20-12(2)17(22)21-16-8-6-14(18)7-9-16/h3-12,20H,1-2H3,(H,21,22)/p+1/t11-,12-/m1/s1. The molecule has 1 amide bonds. The first-order chi connectivity index (χ1) is 10.5. The number of quaternary nitrogens is 1. The maximum absolute atomic E-state index is 12.3. The molecule has 5 heteroatoms. The minimum atomic E-state index is -0.197. The molecule has 2 aromatic rings. The topological polar surface area (TPSA) is 45.7 Å². The fourth-order valence-electron chi connectivity index (χ4n) is 2.21. The Morgan fingerprint density at radius 1 is 1.18 bits per heavy atom. The molecule has 22 heavy (non-hydrogen) atoms. The van der Waals surface area contributed by atoms with E-state index in [9.17, 15) is 4.79 Å². The lowest BCUT2D eigenvalue weighted by Crippen LogP contribution is -2.91. The molecule has 116 valence electrons. The maximum Gasteiger partial charge on any atom is 0.282 e. The molecule has 0 bridgehead atoms. The van der Waals surface area contributed by atoms with Crippen LogP contribution in [0.4, 0.5) is 5.69 Å². The fourth-order valence-corrected chi connectivity index (χ4v) is 2.67. The molecule has 0 unspecified atom stereocenters. The largest absolute Gasteiger partial charge is 0.330 e. The zero-order chi connectivity index (χ0) is 16.1. The summed E-state index contributed by atoms with van der Waals surface area (Å²) in [6, 6.07) is 15.2. The van der Waals surface area contributed by atoms with Gasteiger partial charge in [0, 0.05) is 20.7 Å². The van der Waals surface area contributed by atoms with E-state index in [1.54, 1.807) is 0 Å². The second kappa shape index (κ2) is 7.77. The molecular weight excluding hydrogens is 364 g/mol. The summed E-state index contributed by atoms with van der Waals surface area (Å²) in [4.78, 5) is 12.3. The van der Waals surface area contributed by atoms with Gasteiger partial charge in [0.15, 0.2) is 6.04 Å². The van der Waals surface area contributed by atoms with E-state index < -0.39 is 0 Å². The zero-order valence-corrected chi connectivity index (χ0v) is 14.9. The average molecular weight is 383 g/mol. The first kappa shape index (κ1) is 17.0. The average Bonchev–Trinajstić information content (AvgIpc) is 2.49. The Bertz CT molecular complexity index is 645. The maximum atomic E-state index is 12.3. The smallest absolute Gasteiger partial charge is 0.282 e. The number of carbonyl (C=O) groups is 1. The molecule has 0 aliphatic heterocycles. The Hall–Kier alpha value is -1.36. The Kier molecular flexibility index (Phi) is 6.00.